The fourth-order valence-corrected chi connectivity index (χ4v) is 2.42. The lowest BCUT2D eigenvalue weighted by Gasteiger charge is -2.19. The van der Waals surface area contributed by atoms with Gasteiger partial charge in [-0.1, -0.05) is 65.2 Å². The summed E-state index contributed by atoms with van der Waals surface area (Å²) in [5.74, 6) is 0. The molecule has 172 valence electrons. The van der Waals surface area contributed by atoms with Gasteiger partial charge in [0.25, 0.3) is 0 Å². The summed E-state index contributed by atoms with van der Waals surface area (Å²) >= 11 is 0. The zero-order chi connectivity index (χ0) is 21.5. The monoisotopic (exact) mass is 406 g/mol. The van der Waals surface area contributed by atoms with Crippen molar-refractivity contribution in [2.24, 2.45) is 0 Å². The van der Waals surface area contributed by atoms with E-state index in [1.54, 1.807) is 0 Å². The Morgan fingerprint density at radius 1 is 0.571 bits per heavy atom. The summed E-state index contributed by atoms with van der Waals surface area (Å²) in [4.78, 5) is 0. The third kappa shape index (κ3) is 25.8. The van der Waals surface area contributed by atoms with Gasteiger partial charge in [-0.05, 0) is 33.6 Å². The van der Waals surface area contributed by atoms with E-state index in [4.69, 9.17) is 24.4 Å². The molecule has 0 saturated heterocycles. The maximum absolute atomic E-state index is 8.80. The number of aliphatic hydroxyl groups is 2. The second-order valence-electron chi connectivity index (χ2n) is 7.70. The van der Waals surface area contributed by atoms with E-state index in [9.17, 15) is 0 Å². The van der Waals surface area contributed by atoms with Crippen molar-refractivity contribution in [3.05, 3.63) is 0 Å². The summed E-state index contributed by atoms with van der Waals surface area (Å²) in [6, 6.07) is 0. The molecule has 0 amide bonds. The van der Waals surface area contributed by atoms with E-state index in [1.165, 1.54) is 44.9 Å². The minimum atomic E-state index is -0.126. The Hall–Kier alpha value is -0.200. The van der Waals surface area contributed by atoms with Gasteiger partial charge in [-0.15, -0.1) is 0 Å². The van der Waals surface area contributed by atoms with Crippen LogP contribution < -0.4 is 0 Å². The van der Waals surface area contributed by atoms with Gasteiger partial charge in [0.1, 0.15) is 0 Å². The molecular formula is C23H50O5. The molecule has 0 rings (SSSR count). The lowest BCUT2D eigenvalue weighted by atomic mass is 10.1. The molecule has 3 unspecified atom stereocenters. The maximum Gasteiger partial charge on any atom is 0.0781 e. The van der Waals surface area contributed by atoms with Crippen LogP contribution in [0.1, 0.15) is 98.8 Å². The molecular weight excluding hydrogens is 356 g/mol. The lowest BCUT2D eigenvalue weighted by Crippen LogP contribution is -2.26. The molecule has 0 aromatic heterocycles. The minimum Gasteiger partial charge on any atom is -0.396 e. The molecule has 0 aromatic rings. The molecule has 2 N–H and O–H groups in total. The normalized spacial score (nSPS) is 14.2. The van der Waals surface area contributed by atoms with Gasteiger partial charge < -0.3 is 24.4 Å². The fourth-order valence-electron chi connectivity index (χ4n) is 2.42. The highest BCUT2D eigenvalue weighted by Crippen LogP contribution is 2.07. The molecule has 0 aliphatic carbocycles. The Bertz CT molecular complexity index is 268. The first-order valence-electron chi connectivity index (χ1n) is 11.6. The molecule has 0 aromatic carbocycles. The second-order valence-corrected chi connectivity index (χ2v) is 7.70. The SMILES string of the molecule is CCCCCCCCCCO.CCCCOC(C)COC(C)COC(C)CO. The van der Waals surface area contributed by atoms with Gasteiger partial charge in [-0.2, -0.15) is 0 Å². The van der Waals surface area contributed by atoms with Gasteiger partial charge in [0.2, 0.25) is 0 Å². The van der Waals surface area contributed by atoms with Gasteiger partial charge in [0.05, 0.1) is 38.1 Å². The minimum absolute atomic E-state index is 0.0289. The van der Waals surface area contributed by atoms with Crippen LogP contribution in [0.25, 0.3) is 0 Å². The zero-order valence-electron chi connectivity index (χ0n) is 19.5. The quantitative estimate of drug-likeness (QED) is 0.292. The van der Waals surface area contributed by atoms with Crippen molar-refractivity contribution in [2.45, 2.75) is 117 Å². The molecule has 3 atom stereocenters. The molecule has 0 fully saturated rings. The predicted molar refractivity (Wildman–Crippen MR) is 118 cm³/mol. The molecule has 5 nitrogen and oxygen atoms in total. The highest BCUT2D eigenvalue weighted by atomic mass is 16.6. The average molecular weight is 407 g/mol. The number of hydrogen-bond acceptors (Lipinski definition) is 5. The van der Waals surface area contributed by atoms with Crippen LogP contribution >= 0.6 is 0 Å². The van der Waals surface area contributed by atoms with Gasteiger partial charge in [-0.25, -0.2) is 0 Å². The Morgan fingerprint density at radius 2 is 1.04 bits per heavy atom. The van der Waals surface area contributed by atoms with Gasteiger partial charge in [0.15, 0.2) is 0 Å². The summed E-state index contributed by atoms with van der Waals surface area (Å²) < 4.78 is 16.5. The van der Waals surface area contributed by atoms with Crippen LogP contribution in [0.3, 0.4) is 0 Å². The van der Waals surface area contributed by atoms with E-state index in [-0.39, 0.29) is 24.9 Å². The summed E-state index contributed by atoms with van der Waals surface area (Å²) in [6.07, 6.45) is 12.7. The molecule has 0 spiro atoms. The molecule has 0 aliphatic rings. The maximum atomic E-state index is 8.80. The van der Waals surface area contributed by atoms with Crippen LogP contribution in [-0.4, -0.2) is 61.6 Å². The first-order chi connectivity index (χ1) is 13.5. The molecule has 0 bridgehead atoms. The molecule has 5 heteroatoms. The Morgan fingerprint density at radius 3 is 1.54 bits per heavy atom. The van der Waals surface area contributed by atoms with E-state index in [0.717, 1.165) is 25.9 Å². The topological polar surface area (TPSA) is 68.2 Å². The van der Waals surface area contributed by atoms with Gasteiger partial charge in [-0.3, -0.25) is 0 Å². The van der Waals surface area contributed by atoms with Crippen molar-refractivity contribution in [2.75, 3.05) is 33.0 Å². The first-order valence-corrected chi connectivity index (χ1v) is 11.6. The standard InChI is InChI=1S/C13H28O4.C10H22O/c1-5-6-7-15-12(3)9-17-13(4)10-16-11(2)8-14;1-2-3-4-5-6-7-8-9-10-11/h11-14H,5-10H2,1-4H3;11H,2-10H2,1H3. The second kappa shape index (κ2) is 24.8. The van der Waals surface area contributed by atoms with Crippen molar-refractivity contribution in [3.63, 3.8) is 0 Å². The third-order valence-corrected chi connectivity index (χ3v) is 4.40. The number of aliphatic hydroxyl groups excluding tert-OH is 2. The predicted octanol–water partition coefficient (Wildman–Crippen LogP) is 5.11. The van der Waals surface area contributed by atoms with Crippen molar-refractivity contribution in [1.82, 2.24) is 0 Å². The van der Waals surface area contributed by atoms with Crippen LogP contribution in [0, 0.1) is 0 Å². The average Bonchev–Trinajstić information content (AvgIpc) is 2.70. The lowest BCUT2D eigenvalue weighted by molar-refractivity contribution is -0.0745. The van der Waals surface area contributed by atoms with E-state index >= 15 is 0 Å². The Balaban J connectivity index is 0. The van der Waals surface area contributed by atoms with Crippen molar-refractivity contribution in [1.29, 1.82) is 0 Å². The summed E-state index contributed by atoms with van der Waals surface area (Å²) in [5.41, 5.74) is 0. The van der Waals surface area contributed by atoms with Crippen LogP contribution in [-0.2, 0) is 14.2 Å². The smallest absolute Gasteiger partial charge is 0.0781 e. The number of rotatable bonds is 19. The van der Waals surface area contributed by atoms with E-state index in [2.05, 4.69) is 13.8 Å². The molecule has 0 radical (unpaired) electrons. The molecule has 28 heavy (non-hydrogen) atoms. The van der Waals surface area contributed by atoms with Crippen LogP contribution in [0.5, 0.6) is 0 Å². The van der Waals surface area contributed by atoms with Gasteiger partial charge in [0, 0.05) is 13.2 Å². The Kier molecular flexibility index (Phi) is 26.6. The van der Waals surface area contributed by atoms with E-state index < -0.39 is 0 Å². The van der Waals surface area contributed by atoms with E-state index in [0.29, 0.717) is 19.8 Å². The molecule has 0 heterocycles. The number of hydrogen-bond donors (Lipinski definition) is 2. The largest absolute Gasteiger partial charge is 0.396 e. The van der Waals surface area contributed by atoms with Crippen LogP contribution in [0.4, 0.5) is 0 Å². The first kappa shape index (κ1) is 30.0. The third-order valence-electron chi connectivity index (χ3n) is 4.40. The molecule has 0 saturated carbocycles. The van der Waals surface area contributed by atoms with Crippen molar-refractivity contribution >= 4 is 0 Å². The van der Waals surface area contributed by atoms with Crippen LogP contribution in [0.2, 0.25) is 0 Å². The number of unbranched alkanes of at least 4 members (excludes halogenated alkanes) is 8. The summed E-state index contributed by atoms with van der Waals surface area (Å²) in [5, 5.41) is 17.3. The van der Waals surface area contributed by atoms with Crippen LogP contribution in [0.15, 0.2) is 0 Å². The fraction of sp³-hybridized carbons (Fsp3) is 1.00. The summed E-state index contributed by atoms with van der Waals surface area (Å²) in [7, 11) is 0. The molecule has 0 aliphatic heterocycles. The Labute approximate surface area is 175 Å². The number of ether oxygens (including phenoxy) is 3. The van der Waals surface area contributed by atoms with Crippen molar-refractivity contribution < 1.29 is 24.4 Å². The zero-order valence-corrected chi connectivity index (χ0v) is 19.5. The van der Waals surface area contributed by atoms with Gasteiger partial charge >= 0.3 is 0 Å². The summed E-state index contributed by atoms with van der Waals surface area (Å²) in [6.45, 7) is 12.5. The highest BCUT2D eigenvalue weighted by molar-refractivity contribution is 4.54. The van der Waals surface area contributed by atoms with E-state index in [1.807, 2.05) is 20.8 Å². The highest BCUT2D eigenvalue weighted by Gasteiger charge is 2.09. The van der Waals surface area contributed by atoms with Crippen molar-refractivity contribution in [3.8, 4) is 0 Å².